The number of hydrogen-bond donors (Lipinski definition) is 1. The van der Waals surface area contributed by atoms with E-state index in [-0.39, 0.29) is 5.56 Å². The van der Waals surface area contributed by atoms with Crippen molar-refractivity contribution in [1.82, 2.24) is 9.13 Å². The molecule has 0 unspecified atom stereocenters. The van der Waals surface area contributed by atoms with Gasteiger partial charge in [-0.1, -0.05) is 40.5 Å². The number of pyridine rings is 1. The zero-order chi connectivity index (χ0) is 20.2. The van der Waals surface area contributed by atoms with Gasteiger partial charge in [0.05, 0.1) is 11.2 Å². The topological polar surface area (TPSA) is 59.5 Å². The van der Waals surface area contributed by atoms with Gasteiger partial charge in [-0.05, 0) is 31.2 Å². The number of aryl methyl sites for hydroxylation is 2. The molecule has 2 aromatic carbocycles. The summed E-state index contributed by atoms with van der Waals surface area (Å²) >= 11 is 12.6. The summed E-state index contributed by atoms with van der Waals surface area (Å²) in [6.45, 7) is 1.73. The lowest BCUT2D eigenvalue weighted by molar-refractivity contribution is 0.319. The van der Waals surface area contributed by atoms with E-state index in [0.29, 0.717) is 15.8 Å². The van der Waals surface area contributed by atoms with Crippen LogP contribution in [-0.2, 0) is 14.1 Å². The molecule has 7 heteroatoms. The number of rotatable bonds is 2. The fraction of sp³-hybridized carbons (Fsp3) is 0.143. The van der Waals surface area contributed by atoms with E-state index in [2.05, 4.69) is 5.16 Å². The molecule has 0 atom stereocenters. The maximum absolute atomic E-state index is 12.2. The Hall–Kier alpha value is -2.76. The van der Waals surface area contributed by atoms with Gasteiger partial charge in [0.25, 0.3) is 5.56 Å². The molecule has 0 saturated heterocycles. The molecule has 2 heterocycles. The van der Waals surface area contributed by atoms with Gasteiger partial charge in [-0.3, -0.25) is 9.36 Å². The molecule has 1 N–H and O–H groups in total. The van der Waals surface area contributed by atoms with Gasteiger partial charge in [0.15, 0.2) is 0 Å². The maximum Gasteiger partial charge on any atom is 0.251 e. The van der Waals surface area contributed by atoms with Gasteiger partial charge in [0, 0.05) is 57.7 Å². The summed E-state index contributed by atoms with van der Waals surface area (Å²) in [5.41, 5.74) is 4.47. The quantitative estimate of drug-likeness (QED) is 0.278. The van der Waals surface area contributed by atoms with Crippen LogP contribution < -0.4 is 5.56 Å². The molecule has 0 aliphatic rings. The highest BCUT2D eigenvalue weighted by Crippen LogP contribution is 2.41. The second-order valence-electron chi connectivity index (χ2n) is 6.72. The smallest absolute Gasteiger partial charge is 0.251 e. The van der Waals surface area contributed by atoms with E-state index in [1.54, 1.807) is 36.7 Å². The molecule has 0 fully saturated rings. The first kappa shape index (κ1) is 18.6. The van der Waals surface area contributed by atoms with E-state index >= 15 is 0 Å². The first-order chi connectivity index (χ1) is 13.3. The van der Waals surface area contributed by atoms with Crippen molar-refractivity contribution in [3.8, 4) is 11.1 Å². The highest BCUT2D eigenvalue weighted by Gasteiger charge is 2.21. The lowest BCUT2D eigenvalue weighted by atomic mass is 9.92. The Kier molecular flexibility index (Phi) is 4.44. The molecule has 28 heavy (non-hydrogen) atoms. The minimum absolute atomic E-state index is 0.0854. The minimum atomic E-state index is -0.0854. The third-order valence-electron chi connectivity index (χ3n) is 5.15. The highest BCUT2D eigenvalue weighted by atomic mass is 35.5. The van der Waals surface area contributed by atoms with Crippen molar-refractivity contribution in [2.24, 2.45) is 19.3 Å². The second kappa shape index (κ2) is 6.69. The van der Waals surface area contributed by atoms with Gasteiger partial charge in [-0.2, -0.15) is 0 Å². The van der Waals surface area contributed by atoms with Crippen LogP contribution in [0.15, 0.2) is 52.4 Å². The second-order valence-corrected chi connectivity index (χ2v) is 7.56. The Bertz CT molecular complexity index is 1350. The molecule has 2 aromatic heterocycles. The molecule has 0 spiro atoms. The van der Waals surface area contributed by atoms with Crippen molar-refractivity contribution in [2.75, 3.05) is 0 Å². The van der Waals surface area contributed by atoms with E-state index in [1.165, 1.54) is 0 Å². The average Bonchev–Trinajstić information content (AvgIpc) is 2.96. The van der Waals surface area contributed by atoms with Gasteiger partial charge in [0.2, 0.25) is 0 Å². The molecule has 0 bridgehead atoms. The van der Waals surface area contributed by atoms with Gasteiger partial charge in [0.1, 0.15) is 5.65 Å². The lowest BCUT2D eigenvalue weighted by Crippen LogP contribution is -2.16. The zero-order valence-electron chi connectivity index (χ0n) is 15.5. The molecule has 0 aliphatic carbocycles. The van der Waals surface area contributed by atoms with Crippen LogP contribution in [0, 0.1) is 0 Å². The zero-order valence-corrected chi connectivity index (χ0v) is 17.0. The number of nitrogens with zero attached hydrogens (tertiary/aromatic N) is 3. The van der Waals surface area contributed by atoms with Crippen LogP contribution in [0.5, 0.6) is 0 Å². The Morgan fingerprint density at radius 1 is 1.04 bits per heavy atom. The van der Waals surface area contributed by atoms with Crippen molar-refractivity contribution in [3.05, 3.63) is 68.4 Å². The van der Waals surface area contributed by atoms with Gasteiger partial charge < -0.3 is 9.77 Å². The van der Waals surface area contributed by atoms with Crippen LogP contribution in [0.2, 0.25) is 10.0 Å². The van der Waals surface area contributed by atoms with Gasteiger partial charge in [-0.25, -0.2) is 0 Å². The summed E-state index contributed by atoms with van der Waals surface area (Å²) in [5, 5.41) is 15.7. The first-order valence-corrected chi connectivity index (χ1v) is 9.36. The van der Waals surface area contributed by atoms with Crippen molar-refractivity contribution < 1.29 is 5.21 Å². The Morgan fingerprint density at radius 2 is 1.79 bits per heavy atom. The highest BCUT2D eigenvalue weighted by molar-refractivity contribution is 6.37. The predicted octanol–water partition coefficient (Wildman–Crippen LogP) is 5.20. The largest absolute Gasteiger partial charge is 0.411 e. The molecule has 5 nitrogen and oxygen atoms in total. The van der Waals surface area contributed by atoms with Crippen molar-refractivity contribution in [2.45, 2.75) is 6.92 Å². The third kappa shape index (κ3) is 2.62. The van der Waals surface area contributed by atoms with Crippen LogP contribution in [0.4, 0.5) is 0 Å². The maximum atomic E-state index is 12.2. The average molecular weight is 414 g/mol. The summed E-state index contributed by atoms with van der Waals surface area (Å²) in [6, 6.07) is 12.5. The number of halogens is 2. The Balaban J connectivity index is 2.30. The Labute approximate surface area is 171 Å². The molecule has 0 amide bonds. The monoisotopic (exact) mass is 413 g/mol. The molecule has 0 radical (unpaired) electrons. The Morgan fingerprint density at radius 3 is 2.46 bits per heavy atom. The van der Waals surface area contributed by atoms with E-state index in [9.17, 15) is 10.0 Å². The SMILES string of the molecule is CC(=NO)c1ccc2c(c1-c1ccc(Cl)cc1Cl)c1ccc(=O)n(C)c1n2C. The molecule has 142 valence electrons. The van der Waals surface area contributed by atoms with E-state index in [0.717, 1.165) is 38.6 Å². The summed E-state index contributed by atoms with van der Waals surface area (Å²) in [6.07, 6.45) is 0. The third-order valence-corrected chi connectivity index (χ3v) is 5.70. The normalized spacial score (nSPS) is 12.2. The van der Waals surface area contributed by atoms with Crippen LogP contribution >= 0.6 is 23.2 Å². The summed E-state index contributed by atoms with van der Waals surface area (Å²) in [7, 11) is 3.67. The summed E-state index contributed by atoms with van der Waals surface area (Å²) < 4.78 is 3.60. The number of fused-ring (bicyclic) bond motifs is 3. The first-order valence-electron chi connectivity index (χ1n) is 8.60. The summed E-state index contributed by atoms with van der Waals surface area (Å²) in [5.74, 6) is 0. The molecular formula is C21H17Cl2N3O2. The van der Waals surface area contributed by atoms with Crippen molar-refractivity contribution in [3.63, 3.8) is 0 Å². The molecule has 4 rings (SSSR count). The number of oxime groups is 1. The van der Waals surface area contributed by atoms with Gasteiger partial charge in [-0.15, -0.1) is 0 Å². The minimum Gasteiger partial charge on any atom is -0.411 e. The van der Waals surface area contributed by atoms with Crippen LogP contribution in [0.25, 0.3) is 33.1 Å². The lowest BCUT2D eigenvalue weighted by Gasteiger charge is -2.13. The predicted molar refractivity (Wildman–Crippen MR) is 115 cm³/mol. The van der Waals surface area contributed by atoms with Crippen molar-refractivity contribution >= 4 is 50.8 Å². The van der Waals surface area contributed by atoms with E-state index < -0.39 is 0 Å². The fourth-order valence-corrected chi connectivity index (χ4v) is 4.32. The molecule has 4 aromatic rings. The van der Waals surface area contributed by atoms with E-state index in [4.69, 9.17) is 23.2 Å². The summed E-state index contributed by atoms with van der Waals surface area (Å²) in [4.78, 5) is 12.2. The van der Waals surface area contributed by atoms with Crippen molar-refractivity contribution in [1.29, 1.82) is 0 Å². The van der Waals surface area contributed by atoms with Gasteiger partial charge >= 0.3 is 0 Å². The number of hydrogen-bond acceptors (Lipinski definition) is 3. The van der Waals surface area contributed by atoms with Crippen LogP contribution in [0.1, 0.15) is 12.5 Å². The van der Waals surface area contributed by atoms with E-state index in [1.807, 2.05) is 35.9 Å². The number of aromatic nitrogens is 2. The fourth-order valence-electron chi connectivity index (χ4n) is 3.81. The molecular weight excluding hydrogens is 397 g/mol. The molecule has 0 aliphatic heterocycles. The van der Waals surface area contributed by atoms with Crippen LogP contribution in [0.3, 0.4) is 0 Å². The standard InChI is InChI=1S/C21H17Cl2N3O2/c1-11(24-28)13-6-8-17-20(19(13)14-5-4-12(22)10-16(14)23)15-7-9-18(27)26(3)21(15)25(17)2/h4-10,28H,1-3H3. The number of benzene rings is 2. The molecule has 0 saturated carbocycles. The van der Waals surface area contributed by atoms with Crippen LogP contribution in [-0.4, -0.2) is 20.1 Å².